The average molecular weight is 382 g/mol. The van der Waals surface area contributed by atoms with Crippen LogP contribution < -0.4 is 10.0 Å². The van der Waals surface area contributed by atoms with E-state index in [1.165, 1.54) is 24.3 Å². The molecule has 0 saturated carbocycles. The van der Waals surface area contributed by atoms with Gasteiger partial charge in [-0.25, -0.2) is 17.2 Å². The van der Waals surface area contributed by atoms with Crippen molar-refractivity contribution in [1.82, 2.24) is 4.72 Å². The second-order valence-corrected chi connectivity index (χ2v) is 7.90. The smallest absolute Gasteiger partial charge is 0.244 e. The summed E-state index contributed by atoms with van der Waals surface area (Å²) in [6.07, 6.45) is 0. The quantitative estimate of drug-likeness (QED) is 0.806. The molecule has 5 nitrogen and oxygen atoms in total. The van der Waals surface area contributed by atoms with Crippen LogP contribution in [-0.2, 0) is 14.8 Å². The van der Waals surface area contributed by atoms with Gasteiger partial charge >= 0.3 is 0 Å². The predicted octanol–water partition coefficient (Wildman–Crippen LogP) is 3.21. The molecule has 140 valence electrons. The summed E-state index contributed by atoms with van der Waals surface area (Å²) in [5.41, 5.74) is 0.866. The van der Waals surface area contributed by atoms with Gasteiger partial charge in [0.05, 0.1) is 0 Å². The summed E-state index contributed by atoms with van der Waals surface area (Å²) < 4.78 is 54.4. The van der Waals surface area contributed by atoms with E-state index in [-0.39, 0.29) is 5.69 Å². The summed E-state index contributed by atoms with van der Waals surface area (Å²) in [5, 5.41) is 2.52. The maximum atomic E-state index is 13.8. The van der Waals surface area contributed by atoms with Crippen LogP contribution in [0.2, 0.25) is 0 Å². The second-order valence-electron chi connectivity index (χ2n) is 6.22. The first-order valence-electron chi connectivity index (χ1n) is 7.95. The molecule has 2 rings (SSSR count). The monoisotopic (exact) mass is 382 g/mol. The molecule has 0 aliphatic carbocycles. The van der Waals surface area contributed by atoms with Gasteiger partial charge in [0.1, 0.15) is 22.6 Å². The number of benzene rings is 2. The number of aryl methyl sites for hydroxylation is 1. The van der Waals surface area contributed by atoms with Gasteiger partial charge in [0.2, 0.25) is 15.9 Å². The van der Waals surface area contributed by atoms with E-state index in [0.29, 0.717) is 5.56 Å². The van der Waals surface area contributed by atoms with Gasteiger partial charge in [-0.2, -0.15) is 4.72 Å². The van der Waals surface area contributed by atoms with Gasteiger partial charge in [-0.15, -0.1) is 0 Å². The molecular formula is C18H20F2N2O3S. The molecular weight excluding hydrogens is 362 g/mol. The minimum Gasteiger partial charge on any atom is -0.324 e. The van der Waals surface area contributed by atoms with Gasteiger partial charge in [-0.05, 0) is 42.7 Å². The Morgan fingerprint density at radius 1 is 1.08 bits per heavy atom. The Hall–Kier alpha value is -2.32. The number of sulfonamides is 1. The number of amides is 1. The molecule has 0 heterocycles. The average Bonchev–Trinajstić information content (AvgIpc) is 2.56. The van der Waals surface area contributed by atoms with E-state index >= 15 is 0 Å². The van der Waals surface area contributed by atoms with Crippen LogP contribution in [0.1, 0.15) is 19.4 Å². The Morgan fingerprint density at radius 2 is 1.73 bits per heavy atom. The molecule has 0 aliphatic heterocycles. The lowest BCUT2D eigenvalue weighted by atomic mass is 10.0. The maximum absolute atomic E-state index is 13.8. The van der Waals surface area contributed by atoms with Crippen LogP contribution in [0.3, 0.4) is 0 Å². The number of hydrogen-bond donors (Lipinski definition) is 2. The van der Waals surface area contributed by atoms with Crippen molar-refractivity contribution in [2.45, 2.75) is 31.7 Å². The third kappa shape index (κ3) is 4.64. The van der Waals surface area contributed by atoms with Crippen molar-refractivity contribution in [2.24, 2.45) is 5.92 Å². The predicted molar refractivity (Wildman–Crippen MR) is 95.1 cm³/mol. The zero-order chi connectivity index (χ0) is 19.5. The van der Waals surface area contributed by atoms with E-state index in [1.807, 2.05) is 0 Å². The molecule has 0 radical (unpaired) electrons. The Kier molecular flexibility index (Phi) is 6.09. The molecule has 2 aromatic rings. The molecule has 0 fully saturated rings. The van der Waals surface area contributed by atoms with E-state index in [2.05, 4.69) is 10.0 Å². The van der Waals surface area contributed by atoms with E-state index in [1.54, 1.807) is 20.8 Å². The number of carbonyl (C=O) groups excluding carboxylic acids is 1. The number of rotatable bonds is 6. The lowest BCUT2D eigenvalue weighted by Crippen LogP contribution is -2.47. The highest BCUT2D eigenvalue weighted by Gasteiger charge is 2.30. The van der Waals surface area contributed by atoms with Gasteiger partial charge in [-0.1, -0.05) is 32.0 Å². The summed E-state index contributed by atoms with van der Waals surface area (Å²) in [6, 6.07) is 7.63. The first-order chi connectivity index (χ1) is 12.1. The number of carbonyl (C=O) groups is 1. The lowest BCUT2D eigenvalue weighted by Gasteiger charge is -2.22. The minimum atomic E-state index is -4.25. The Labute approximate surface area is 151 Å². The fourth-order valence-electron chi connectivity index (χ4n) is 2.33. The van der Waals surface area contributed by atoms with Crippen molar-refractivity contribution in [3.05, 3.63) is 59.7 Å². The molecule has 1 atom stereocenters. The molecule has 2 N–H and O–H groups in total. The van der Waals surface area contributed by atoms with Gasteiger partial charge in [0.15, 0.2) is 0 Å². The molecule has 0 spiro atoms. The maximum Gasteiger partial charge on any atom is 0.244 e. The minimum absolute atomic E-state index is 0.241. The van der Waals surface area contributed by atoms with Crippen LogP contribution in [0.4, 0.5) is 14.5 Å². The Morgan fingerprint density at radius 3 is 2.35 bits per heavy atom. The normalized spacial score (nSPS) is 12.8. The summed E-state index contributed by atoms with van der Waals surface area (Å²) >= 11 is 0. The molecule has 0 bridgehead atoms. The summed E-state index contributed by atoms with van der Waals surface area (Å²) in [4.78, 5) is 12.0. The fraction of sp³-hybridized carbons (Fsp3) is 0.278. The lowest BCUT2D eigenvalue weighted by molar-refractivity contribution is -0.118. The number of halogens is 2. The van der Waals surface area contributed by atoms with Crippen molar-refractivity contribution < 1.29 is 22.0 Å². The van der Waals surface area contributed by atoms with Crippen LogP contribution in [0.15, 0.2) is 47.4 Å². The molecule has 1 unspecified atom stereocenters. The van der Waals surface area contributed by atoms with Crippen LogP contribution in [0.5, 0.6) is 0 Å². The molecule has 8 heteroatoms. The van der Waals surface area contributed by atoms with Crippen molar-refractivity contribution in [2.75, 3.05) is 5.32 Å². The van der Waals surface area contributed by atoms with E-state index in [0.717, 1.165) is 18.2 Å². The first kappa shape index (κ1) is 20.0. The summed E-state index contributed by atoms with van der Waals surface area (Å²) in [6.45, 7) is 4.97. The van der Waals surface area contributed by atoms with Gasteiger partial charge in [-0.3, -0.25) is 4.79 Å². The fourth-order valence-corrected chi connectivity index (χ4v) is 3.75. The summed E-state index contributed by atoms with van der Waals surface area (Å²) in [7, 11) is -4.25. The highest BCUT2D eigenvalue weighted by molar-refractivity contribution is 7.89. The highest BCUT2D eigenvalue weighted by Crippen LogP contribution is 2.19. The highest BCUT2D eigenvalue weighted by atomic mass is 32.2. The topological polar surface area (TPSA) is 75.3 Å². The molecule has 1 amide bonds. The largest absolute Gasteiger partial charge is 0.324 e. The van der Waals surface area contributed by atoms with Crippen molar-refractivity contribution in [3.63, 3.8) is 0 Å². The molecule has 0 saturated heterocycles. The van der Waals surface area contributed by atoms with Crippen molar-refractivity contribution in [1.29, 1.82) is 0 Å². The van der Waals surface area contributed by atoms with Crippen LogP contribution in [0.25, 0.3) is 0 Å². The third-order valence-electron chi connectivity index (χ3n) is 3.81. The van der Waals surface area contributed by atoms with Crippen molar-refractivity contribution in [3.8, 4) is 0 Å². The zero-order valence-electron chi connectivity index (χ0n) is 14.6. The Balaban J connectivity index is 2.27. The van der Waals surface area contributed by atoms with E-state index < -0.39 is 44.4 Å². The van der Waals surface area contributed by atoms with Crippen molar-refractivity contribution >= 4 is 21.6 Å². The van der Waals surface area contributed by atoms with Crippen LogP contribution >= 0.6 is 0 Å². The zero-order valence-corrected chi connectivity index (χ0v) is 15.4. The number of nitrogens with one attached hydrogen (secondary N) is 2. The molecule has 26 heavy (non-hydrogen) atoms. The SMILES string of the molecule is Cc1ccc(F)cc1NC(=O)C(NS(=O)(=O)c1ccccc1F)C(C)C. The third-order valence-corrected chi connectivity index (χ3v) is 5.29. The van der Waals surface area contributed by atoms with E-state index in [9.17, 15) is 22.0 Å². The molecule has 2 aromatic carbocycles. The number of anilines is 1. The second kappa shape index (κ2) is 7.92. The standard InChI is InChI=1S/C18H20F2N2O3S/c1-11(2)17(18(23)21-15-10-13(19)9-8-12(15)3)22-26(24,25)16-7-5-4-6-14(16)20/h4-11,17,22H,1-3H3,(H,21,23). The first-order valence-corrected chi connectivity index (χ1v) is 9.44. The van der Waals surface area contributed by atoms with Crippen LogP contribution in [-0.4, -0.2) is 20.4 Å². The van der Waals surface area contributed by atoms with E-state index in [4.69, 9.17) is 0 Å². The van der Waals surface area contributed by atoms with Gasteiger partial charge in [0, 0.05) is 5.69 Å². The summed E-state index contributed by atoms with van der Waals surface area (Å²) in [5.74, 6) is -2.53. The molecule has 0 aliphatic rings. The van der Waals surface area contributed by atoms with Gasteiger partial charge < -0.3 is 5.32 Å². The van der Waals surface area contributed by atoms with Gasteiger partial charge in [0.25, 0.3) is 0 Å². The van der Waals surface area contributed by atoms with Crippen LogP contribution in [0, 0.1) is 24.5 Å². The number of hydrogen-bond acceptors (Lipinski definition) is 3. The Bertz CT molecular complexity index is 914. The molecule has 0 aromatic heterocycles.